The zero-order chi connectivity index (χ0) is 4.04. The summed E-state index contributed by atoms with van der Waals surface area (Å²) in [6.07, 6.45) is 4.83. The maximum Gasteiger partial charge on any atom is 0.0739 e. The van der Waals surface area contributed by atoms with E-state index in [0.29, 0.717) is 5.60 Å². The van der Waals surface area contributed by atoms with Gasteiger partial charge < -0.3 is 4.74 Å². The lowest BCUT2D eigenvalue weighted by molar-refractivity contribution is -0.0121. The third-order valence-electron chi connectivity index (χ3n) is 1.57. The molecule has 1 saturated carbocycles. The molecule has 0 aromatic rings. The highest BCUT2D eigenvalue weighted by molar-refractivity contribution is 5.13. The van der Waals surface area contributed by atoms with Gasteiger partial charge in [-0.05, 0) is 12.8 Å². The molecule has 0 N–H and O–H groups in total. The second-order valence-corrected chi connectivity index (χ2v) is 2.08. The molecule has 1 aliphatic heterocycles. The molecule has 0 amide bonds. The van der Waals surface area contributed by atoms with Gasteiger partial charge >= 0.3 is 0 Å². The maximum atomic E-state index is 5.17. The van der Waals surface area contributed by atoms with E-state index in [1.54, 1.807) is 0 Å². The van der Waals surface area contributed by atoms with Crippen LogP contribution in [0.15, 0.2) is 0 Å². The van der Waals surface area contributed by atoms with Gasteiger partial charge in [-0.25, -0.2) is 0 Å². The standard InChI is InChI=1S/C5H7O/c1-2-5(1)3-4-6-5/h3H,1-2,4H2. The summed E-state index contributed by atoms with van der Waals surface area (Å²) in [5.41, 5.74) is 0.347. The SMILES string of the molecule is [CH]1COC12CC2. The highest BCUT2D eigenvalue weighted by Crippen LogP contribution is 2.47. The summed E-state index contributed by atoms with van der Waals surface area (Å²) in [7, 11) is 0. The molecule has 1 heteroatoms. The molecule has 2 aliphatic rings. The van der Waals surface area contributed by atoms with E-state index in [0.717, 1.165) is 6.61 Å². The molecule has 1 nitrogen and oxygen atoms in total. The average Bonchev–Trinajstić information content (AvgIpc) is 2.02. The van der Waals surface area contributed by atoms with E-state index in [2.05, 4.69) is 6.42 Å². The topological polar surface area (TPSA) is 9.23 Å². The lowest BCUT2D eigenvalue weighted by atomic mass is 10.2. The fourth-order valence-corrected chi connectivity index (χ4v) is 0.791. The van der Waals surface area contributed by atoms with Crippen molar-refractivity contribution >= 4 is 0 Å². The predicted octanol–water partition coefficient (Wildman–Crippen LogP) is 0.753. The maximum absolute atomic E-state index is 5.17. The van der Waals surface area contributed by atoms with Crippen LogP contribution in [0.1, 0.15) is 12.8 Å². The lowest BCUT2D eigenvalue weighted by Crippen LogP contribution is -2.29. The van der Waals surface area contributed by atoms with Crippen LogP contribution in [0.2, 0.25) is 0 Å². The summed E-state index contributed by atoms with van der Waals surface area (Å²) in [6, 6.07) is 0. The first kappa shape index (κ1) is 3.03. The van der Waals surface area contributed by atoms with Gasteiger partial charge in [-0.3, -0.25) is 0 Å². The Balaban J connectivity index is 2.09. The highest BCUT2D eigenvalue weighted by atomic mass is 16.5. The summed E-state index contributed by atoms with van der Waals surface area (Å²) in [4.78, 5) is 0. The van der Waals surface area contributed by atoms with E-state index in [9.17, 15) is 0 Å². The lowest BCUT2D eigenvalue weighted by Gasteiger charge is -2.24. The van der Waals surface area contributed by atoms with Crippen molar-refractivity contribution in [3.8, 4) is 0 Å². The molecule has 33 valence electrons. The molecule has 0 atom stereocenters. The highest BCUT2D eigenvalue weighted by Gasteiger charge is 2.49. The van der Waals surface area contributed by atoms with Gasteiger partial charge in [0.05, 0.1) is 12.2 Å². The van der Waals surface area contributed by atoms with Crippen LogP contribution >= 0.6 is 0 Å². The fraction of sp³-hybridized carbons (Fsp3) is 0.800. The minimum absolute atomic E-state index is 0.347. The first-order valence-electron chi connectivity index (χ1n) is 2.40. The van der Waals surface area contributed by atoms with E-state index in [1.165, 1.54) is 12.8 Å². The Morgan fingerprint density at radius 1 is 1.50 bits per heavy atom. The zero-order valence-electron chi connectivity index (χ0n) is 3.61. The van der Waals surface area contributed by atoms with Crippen molar-refractivity contribution in [1.29, 1.82) is 0 Å². The van der Waals surface area contributed by atoms with Crippen LogP contribution in [0.5, 0.6) is 0 Å². The van der Waals surface area contributed by atoms with Crippen molar-refractivity contribution in [2.45, 2.75) is 18.4 Å². The van der Waals surface area contributed by atoms with E-state index in [1.807, 2.05) is 0 Å². The summed E-state index contributed by atoms with van der Waals surface area (Å²) in [5.74, 6) is 0. The molecule has 2 rings (SSSR count). The number of rotatable bonds is 0. The second kappa shape index (κ2) is 0.648. The van der Waals surface area contributed by atoms with Gasteiger partial charge in [0.15, 0.2) is 0 Å². The minimum Gasteiger partial charge on any atom is -0.374 e. The molecule has 0 aromatic carbocycles. The van der Waals surface area contributed by atoms with Crippen LogP contribution in [0, 0.1) is 6.42 Å². The Kier molecular flexibility index (Phi) is 0.327. The van der Waals surface area contributed by atoms with Crippen molar-refractivity contribution < 1.29 is 4.74 Å². The van der Waals surface area contributed by atoms with E-state index in [4.69, 9.17) is 4.74 Å². The molecule has 0 unspecified atom stereocenters. The summed E-state index contributed by atoms with van der Waals surface area (Å²) < 4.78 is 5.17. The molecular formula is C5H7O. The van der Waals surface area contributed by atoms with Crippen molar-refractivity contribution in [3.63, 3.8) is 0 Å². The Morgan fingerprint density at radius 2 is 2.17 bits per heavy atom. The van der Waals surface area contributed by atoms with Gasteiger partial charge in [0, 0.05) is 6.42 Å². The monoisotopic (exact) mass is 83.0 g/mol. The van der Waals surface area contributed by atoms with E-state index >= 15 is 0 Å². The van der Waals surface area contributed by atoms with Gasteiger partial charge in [0.2, 0.25) is 0 Å². The largest absolute Gasteiger partial charge is 0.374 e. The minimum atomic E-state index is 0.347. The van der Waals surface area contributed by atoms with Crippen molar-refractivity contribution in [2.24, 2.45) is 0 Å². The van der Waals surface area contributed by atoms with Crippen LogP contribution in [0.25, 0.3) is 0 Å². The van der Waals surface area contributed by atoms with Crippen LogP contribution in [0.3, 0.4) is 0 Å². The molecule has 1 heterocycles. The summed E-state index contributed by atoms with van der Waals surface area (Å²) in [5, 5.41) is 0. The first-order valence-corrected chi connectivity index (χ1v) is 2.40. The summed E-state index contributed by atoms with van der Waals surface area (Å²) >= 11 is 0. The molecule has 0 aromatic heterocycles. The van der Waals surface area contributed by atoms with Gasteiger partial charge in [-0.2, -0.15) is 0 Å². The Morgan fingerprint density at radius 3 is 2.17 bits per heavy atom. The molecule has 1 spiro atoms. The zero-order valence-corrected chi connectivity index (χ0v) is 3.61. The number of hydrogen-bond acceptors (Lipinski definition) is 1. The van der Waals surface area contributed by atoms with Crippen molar-refractivity contribution in [2.75, 3.05) is 6.61 Å². The van der Waals surface area contributed by atoms with Crippen LogP contribution in [-0.4, -0.2) is 12.2 Å². The third kappa shape index (κ3) is 0.207. The van der Waals surface area contributed by atoms with E-state index in [-0.39, 0.29) is 0 Å². The van der Waals surface area contributed by atoms with Gasteiger partial charge in [0.25, 0.3) is 0 Å². The van der Waals surface area contributed by atoms with Crippen molar-refractivity contribution in [1.82, 2.24) is 0 Å². The third-order valence-corrected chi connectivity index (χ3v) is 1.57. The molecule has 1 radical (unpaired) electrons. The number of ether oxygens (including phenoxy) is 1. The van der Waals surface area contributed by atoms with Gasteiger partial charge in [-0.1, -0.05) is 0 Å². The molecule has 6 heavy (non-hydrogen) atoms. The van der Waals surface area contributed by atoms with Crippen LogP contribution in [-0.2, 0) is 4.74 Å². The normalized spacial score (nSPS) is 36.0. The summed E-state index contributed by atoms with van der Waals surface area (Å²) in [6.45, 7) is 0.903. The number of hydrogen-bond donors (Lipinski definition) is 0. The average molecular weight is 83.1 g/mol. The Labute approximate surface area is 37.3 Å². The quantitative estimate of drug-likeness (QED) is 0.420. The second-order valence-electron chi connectivity index (χ2n) is 2.08. The van der Waals surface area contributed by atoms with Gasteiger partial charge in [-0.15, -0.1) is 0 Å². The molecule has 0 bridgehead atoms. The Hall–Kier alpha value is -0.0400. The van der Waals surface area contributed by atoms with Crippen LogP contribution in [0.4, 0.5) is 0 Å². The molecule has 2 fully saturated rings. The van der Waals surface area contributed by atoms with Crippen LogP contribution < -0.4 is 0 Å². The molecular weight excluding hydrogens is 76.1 g/mol. The van der Waals surface area contributed by atoms with E-state index < -0.39 is 0 Å². The molecule has 1 aliphatic carbocycles. The predicted molar refractivity (Wildman–Crippen MR) is 22.2 cm³/mol. The fourth-order valence-electron chi connectivity index (χ4n) is 0.791. The van der Waals surface area contributed by atoms with Crippen molar-refractivity contribution in [3.05, 3.63) is 6.42 Å². The first-order chi connectivity index (χ1) is 2.91. The Bertz CT molecular complexity index is 68.0. The smallest absolute Gasteiger partial charge is 0.0739 e. The molecule has 1 saturated heterocycles. The van der Waals surface area contributed by atoms with Gasteiger partial charge in [0.1, 0.15) is 0 Å².